The Morgan fingerprint density at radius 3 is 2.66 bits per heavy atom. The van der Waals surface area contributed by atoms with E-state index in [-0.39, 0.29) is 27.5 Å². The third-order valence-corrected chi connectivity index (χ3v) is 4.69. The first-order valence-corrected chi connectivity index (χ1v) is 8.99. The van der Waals surface area contributed by atoms with Gasteiger partial charge in [-0.1, -0.05) is 11.8 Å². The first-order chi connectivity index (χ1) is 13.8. The highest BCUT2D eigenvalue weighted by Gasteiger charge is 2.18. The summed E-state index contributed by atoms with van der Waals surface area (Å²) >= 11 is 0. The van der Waals surface area contributed by atoms with E-state index in [9.17, 15) is 17.8 Å². The number of nitrogens with one attached hydrogen (secondary N) is 2. The van der Waals surface area contributed by atoms with Crippen molar-refractivity contribution >= 4 is 28.9 Å². The maximum Gasteiger partial charge on any atom is 0.335 e. The van der Waals surface area contributed by atoms with E-state index in [0.29, 0.717) is 0 Å². The van der Waals surface area contributed by atoms with Crippen molar-refractivity contribution < 1.29 is 27.6 Å². The summed E-state index contributed by atoms with van der Waals surface area (Å²) in [6, 6.07) is 5.65. The van der Waals surface area contributed by atoms with Crippen LogP contribution in [0, 0.1) is 28.9 Å². The SMILES string of the molecule is COc1ccc(C(=O)O)cc1S(=O)Nc1ccc(F)c(C#C/C(C=N)=C/N)c1F. The number of carboxylic acid groups (broad SMARTS) is 1. The minimum atomic E-state index is -2.13. The molecule has 0 aliphatic heterocycles. The van der Waals surface area contributed by atoms with Crippen molar-refractivity contribution in [1.29, 1.82) is 5.41 Å². The number of rotatable bonds is 6. The van der Waals surface area contributed by atoms with Gasteiger partial charge in [0, 0.05) is 12.4 Å². The summed E-state index contributed by atoms with van der Waals surface area (Å²) in [5.74, 6) is 1.39. The minimum absolute atomic E-state index is 0.0408. The Morgan fingerprint density at radius 2 is 2.07 bits per heavy atom. The number of nitrogens with two attached hydrogens (primary N) is 1. The van der Waals surface area contributed by atoms with Gasteiger partial charge in [0.2, 0.25) is 0 Å². The van der Waals surface area contributed by atoms with Gasteiger partial charge in [-0.2, -0.15) is 0 Å². The number of aromatic carboxylic acids is 1. The van der Waals surface area contributed by atoms with Crippen LogP contribution in [-0.2, 0) is 11.0 Å². The van der Waals surface area contributed by atoms with E-state index in [1.54, 1.807) is 0 Å². The van der Waals surface area contributed by atoms with Gasteiger partial charge >= 0.3 is 5.97 Å². The Kier molecular flexibility index (Phi) is 7.05. The molecule has 2 aromatic carbocycles. The summed E-state index contributed by atoms with van der Waals surface area (Å²) in [5, 5.41) is 16.2. The lowest BCUT2D eigenvalue weighted by Gasteiger charge is -2.12. The monoisotopic (exact) mass is 419 g/mol. The van der Waals surface area contributed by atoms with E-state index < -0.39 is 34.2 Å². The number of carbonyl (C=O) groups is 1. The molecule has 1 atom stereocenters. The maximum atomic E-state index is 14.7. The quantitative estimate of drug-likeness (QED) is 0.423. The second kappa shape index (κ2) is 9.48. The Balaban J connectivity index is 2.44. The predicted molar refractivity (Wildman–Crippen MR) is 104 cm³/mol. The molecular formula is C19H15F2N3O4S. The molecule has 0 aromatic heterocycles. The van der Waals surface area contributed by atoms with Gasteiger partial charge in [0.1, 0.15) is 16.5 Å². The Morgan fingerprint density at radius 1 is 1.34 bits per heavy atom. The molecule has 2 aromatic rings. The second-order valence-electron chi connectivity index (χ2n) is 5.34. The molecular weight excluding hydrogens is 404 g/mol. The van der Waals surface area contributed by atoms with Crippen molar-refractivity contribution in [3.63, 3.8) is 0 Å². The van der Waals surface area contributed by atoms with Crippen LogP contribution in [0.1, 0.15) is 15.9 Å². The molecule has 7 nitrogen and oxygen atoms in total. The minimum Gasteiger partial charge on any atom is -0.495 e. The highest BCUT2D eigenvalue weighted by Crippen LogP contribution is 2.27. The first kappa shape index (κ1) is 21.6. The molecule has 0 heterocycles. The highest BCUT2D eigenvalue weighted by molar-refractivity contribution is 7.86. The van der Waals surface area contributed by atoms with E-state index in [1.807, 2.05) is 0 Å². The van der Waals surface area contributed by atoms with Crippen LogP contribution in [0.4, 0.5) is 14.5 Å². The smallest absolute Gasteiger partial charge is 0.335 e. The molecule has 10 heteroatoms. The molecule has 1 unspecified atom stereocenters. The van der Waals surface area contributed by atoms with Crippen molar-refractivity contribution in [3.8, 4) is 17.6 Å². The van der Waals surface area contributed by atoms with Crippen LogP contribution < -0.4 is 15.2 Å². The molecule has 0 amide bonds. The largest absolute Gasteiger partial charge is 0.495 e. The topological polar surface area (TPSA) is 125 Å². The molecule has 0 saturated heterocycles. The van der Waals surface area contributed by atoms with Gasteiger partial charge in [-0.05, 0) is 30.3 Å². The molecule has 150 valence electrons. The van der Waals surface area contributed by atoms with Crippen LogP contribution in [0.2, 0.25) is 0 Å². The summed E-state index contributed by atoms with van der Waals surface area (Å²) in [4.78, 5) is 11.1. The molecule has 0 saturated carbocycles. The molecule has 0 radical (unpaired) electrons. The van der Waals surface area contributed by atoms with Gasteiger partial charge < -0.3 is 21.0 Å². The molecule has 0 fully saturated rings. The molecule has 29 heavy (non-hydrogen) atoms. The zero-order valence-electron chi connectivity index (χ0n) is 15.0. The lowest BCUT2D eigenvalue weighted by atomic mass is 10.1. The van der Waals surface area contributed by atoms with Crippen molar-refractivity contribution in [3.05, 3.63) is 64.9 Å². The molecule has 0 spiro atoms. The van der Waals surface area contributed by atoms with E-state index in [4.69, 9.17) is 21.0 Å². The second-order valence-corrected chi connectivity index (χ2v) is 6.52. The van der Waals surface area contributed by atoms with Crippen LogP contribution in [0.15, 0.2) is 47.0 Å². The van der Waals surface area contributed by atoms with Crippen molar-refractivity contribution in [1.82, 2.24) is 0 Å². The van der Waals surface area contributed by atoms with E-state index in [1.165, 1.54) is 19.2 Å². The fourth-order valence-electron chi connectivity index (χ4n) is 2.12. The number of halogens is 2. The molecule has 0 bridgehead atoms. The Hall–Kier alpha value is -3.71. The lowest BCUT2D eigenvalue weighted by Crippen LogP contribution is -2.10. The molecule has 0 aliphatic rings. The summed E-state index contributed by atoms with van der Waals surface area (Å²) < 4.78 is 48.7. The summed E-state index contributed by atoms with van der Waals surface area (Å²) in [7, 11) is -0.830. The number of hydrogen-bond donors (Lipinski definition) is 4. The molecule has 5 N–H and O–H groups in total. The zero-order chi connectivity index (χ0) is 21.6. The maximum absolute atomic E-state index is 14.7. The van der Waals surface area contributed by atoms with Gasteiger partial charge in [0.15, 0.2) is 16.8 Å². The normalized spacial score (nSPS) is 11.8. The Labute approximate surface area is 167 Å². The van der Waals surface area contributed by atoms with Gasteiger partial charge in [0.05, 0.1) is 29.5 Å². The highest BCUT2D eigenvalue weighted by atomic mass is 32.2. The fraction of sp³-hybridized carbons (Fsp3) is 0.0526. The fourth-order valence-corrected chi connectivity index (χ4v) is 3.15. The van der Waals surface area contributed by atoms with Crippen LogP contribution in [0.3, 0.4) is 0 Å². The van der Waals surface area contributed by atoms with Gasteiger partial charge in [-0.3, -0.25) is 4.72 Å². The third kappa shape index (κ3) is 4.97. The van der Waals surface area contributed by atoms with Crippen LogP contribution in [0.5, 0.6) is 5.75 Å². The third-order valence-electron chi connectivity index (χ3n) is 3.57. The molecule has 0 aliphatic carbocycles. The van der Waals surface area contributed by atoms with Crippen LogP contribution >= 0.6 is 0 Å². The van der Waals surface area contributed by atoms with Crippen LogP contribution in [-0.4, -0.2) is 28.6 Å². The van der Waals surface area contributed by atoms with Crippen molar-refractivity contribution in [2.24, 2.45) is 5.73 Å². The van der Waals surface area contributed by atoms with Gasteiger partial charge in [-0.25, -0.2) is 17.8 Å². The average molecular weight is 419 g/mol. The standard InChI is InChI=1S/C19H15F2N3O4S/c1-28-16-7-3-12(19(25)26)8-17(16)29(27)24-15-6-5-14(20)13(18(15)21)4-2-11(9-22)10-23/h3,5-10,22,24H,23H2,1H3,(H,25,26)/b11-10-,22-9?. The number of ether oxygens (including phenoxy) is 1. The lowest BCUT2D eigenvalue weighted by molar-refractivity contribution is 0.0696. The predicted octanol–water partition coefficient (Wildman–Crippen LogP) is 2.65. The number of carboxylic acids is 1. The van der Waals surface area contributed by atoms with Gasteiger partial charge in [0.25, 0.3) is 0 Å². The molecule has 2 rings (SSSR count). The summed E-state index contributed by atoms with van der Waals surface area (Å²) in [6.45, 7) is 0. The van der Waals surface area contributed by atoms with Gasteiger partial charge in [-0.15, -0.1) is 0 Å². The van der Waals surface area contributed by atoms with Crippen molar-refractivity contribution in [2.45, 2.75) is 4.90 Å². The zero-order valence-corrected chi connectivity index (χ0v) is 15.8. The first-order valence-electron chi connectivity index (χ1n) is 7.84. The summed E-state index contributed by atoms with van der Waals surface area (Å²) in [5.41, 5.74) is 4.19. The van der Waals surface area contributed by atoms with E-state index in [0.717, 1.165) is 30.6 Å². The number of allylic oxidation sites excluding steroid dienone is 1. The van der Waals surface area contributed by atoms with E-state index in [2.05, 4.69) is 16.6 Å². The number of anilines is 1. The average Bonchev–Trinajstić information content (AvgIpc) is 2.72. The number of methoxy groups -OCH3 is 1. The van der Waals surface area contributed by atoms with Crippen molar-refractivity contribution in [2.75, 3.05) is 11.8 Å². The number of hydrogen-bond acceptors (Lipinski definition) is 5. The Bertz CT molecular complexity index is 1090. The van der Waals surface area contributed by atoms with Crippen LogP contribution in [0.25, 0.3) is 0 Å². The number of benzene rings is 2. The van der Waals surface area contributed by atoms with E-state index >= 15 is 0 Å². The summed E-state index contributed by atoms with van der Waals surface area (Å²) in [6.07, 6.45) is 1.83.